The van der Waals surface area contributed by atoms with E-state index in [2.05, 4.69) is 4.74 Å². The van der Waals surface area contributed by atoms with Crippen molar-refractivity contribution in [3.8, 4) is 0 Å². The average molecular weight is 524 g/mol. The minimum absolute atomic E-state index is 0.0258. The Bertz CT molecular complexity index is 560. The monoisotopic (exact) mass is 524 g/mol. The van der Waals surface area contributed by atoms with E-state index in [9.17, 15) is 9.59 Å². The van der Waals surface area contributed by atoms with E-state index in [4.69, 9.17) is 71.5 Å². The number of aldehydes is 2. The molecule has 0 aliphatic carbocycles. The van der Waals surface area contributed by atoms with Gasteiger partial charge in [-0.15, -0.1) is 0 Å². The largest absolute Gasteiger partial charge is 0.394 e. The van der Waals surface area contributed by atoms with Crippen molar-refractivity contribution in [2.45, 2.75) is 86.5 Å². The summed E-state index contributed by atoms with van der Waals surface area (Å²) in [4.78, 5) is 19.8. The van der Waals surface area contributed by atoms with E-state index in [0.29, 0.717) is 0 Å². The van der Waals surface area contributed by atoms with Gasteiger partial charge in [-0.2, -0.15) is 0 Å². The van der Waals surface area contributed by atoms with Crippen LogP contribution in [0.5, 0.6) is 0 Å². The van der Waals surface area contributed by atoms with Gasteiger partial charge in [0, 0.05) is 0 Å². The zero-order valence-corrected chi connectivity index (χ0v) is 18.6. The molecule has 1 heterocycles. The molecule has 0 spiro atoms. The van der Waals surface area contributed by atoms with Crippen molar-refractivity contribution in [3.63, 3.8) is 0 Å². The van der Waals surface area contributed by atoms with E-state index >= 15 is 0 Å². The molecule has 1 saturated heterocycles. The predicted octanol–water partition coefficient (Wildman–Crippen LogP) is -8.95. The van der Waals surface area contributed by atoms with Crippen molar-refractivity contribution in [1.82, 2.24) is 0 Å². The van der Waals surface area contributed by atoms with Crippen LogP contribution < -0.4 is 0 Å². The molecule has 0 saturated carbocycles. The van der Waals surface area contributed by atoms with Gasteiger partial charge in [-0.3, -0.25) is 0 Å². The van der Waals surface area contributed by atoms with Crippen LogP contribution in [0.15, 0.2) is 0 Å². The van der Waals surface area contributed by atoms with Crippen LogP contribution in [0.4, 0.5) is 0 Å². The van der Waals surface area contributed by atoms with Crippen molar-refractivity contribution in [2.75, 3.05) is 13.2 Å². The molecule has 0 aromatic rings. The van der Waals surface area contributed by atoms with Gasteiger partial charge in [-0.1, -0.05) is 0 Å². The van der Waals surface area contributed by atoms with Crippen molar-refractivity contribution in [2.24, 2.45) is 0 Å². The van der Waals surface area contributed by atoms with E-state index in [1.807, 2.05) is 0 Å². The minimum Gasteiger partial charge on any atom is -0.394 e. The van der Waals surface area contributed by atoms with Crippen molar-refractivity contribution >= 4 is 12.6 Å². The summed E-state index contributed by atoms with van der Waals surface area (Å²) in [5.74, 6) is 0. The van der Waals surface area contributed by atoms with Gasteiger partial charge in [0.2, 0.25) is 0 Å². The molecule has 1 unspecified atom stereocenters. The van der Waals surface area contributed by atoms with Gasteiger partial charge in [-0.05, 0) is 6.92 Å². The maximum atomic E-state index is 9.90. The predicted molar refractivity (Wildman–Crippen MR) is 109 cm³/mol. The summed E-state index contributed by atoms with van der Waals surface area (Å²) in [5.41, 5.74) is 0. The van der Waals surface area contributed by atoms with Crippen LogP contribution in [0, 0.1) is 0 Å². The molecule has 1 aliphatic heterocycles. The van der Waals surface area contributed by atoms with Gasteiger partial charge < -0.3 is 85.8 Å². The molecule has 0 amide bonds. The third-order valence-electron chi connectivity index (χ3n) is 4.62. The molecule has 210 valence electrons. The van der Waals surface area contributed by atoms with Gasteiger partial charge in [-0.25, -0.2) is 0 Å². The van der Waals surface area contributed by atoms with E-state index in [-0.39, 0.29) is 12.6 Å². The maximum Gasteiger partial charge on any atom is 0.184 e. The zero-order chi connectivity index (χ0) is 28.0. The van der Waals surface area contributed by atoms with Crippen LogP contribution >= 0.6 is 0 Å². The van der Waals surface area contributed by atoms with Crippen molar-refractivity contribution in [1.29, 1.82) is 0 Å². The highest BCUT2D eigenvalue weighted by Crippen LogP contribution is 2.19. The quantitative estimate of drug-likeness (QED) is 0.118. The third kappa shape index (κ3) is 12.0. The average Bonchev–Trinajstić information content (AvgIpc) is 2.86. The molecule has 0 aromatic carbocycles. The van der Waals surface area contributed by atoms with Gasteiger partial charge in [0.05, 0.1) is 19.3 Å². The lowest BCUT2D eigenvalue weighted by atomic mass is 10.00. The van der Waals surface area contributed by atoms with Crippen LogP contribution in [0.25, 0.3) is 0 Å². The first-order chi connectivity index (χ1) is 16.1. The summed E-state index contributed by atoms with van der Waals surface area (Å²) in [7, 11) is 0. The first-order valence-corrected chi connectivity index (χ1v) is 10.1. The van der Waals surface area contributed by atoms with Crippen LogP contribution in [0.2, 0.25) is 0 Å². The fourth-order valence-electron chi connectivity index (χ4n) is 2.27. The Morgan fingerprint density at radius 2 is 1.11 bits per heavy atom. The van der Waals surface area contributed by atoms with E-state index < -0.39 is 92.8 Å². The number of aliphatic hydroxyl groups is 14. The fraction of sp³-hybridized carbons (Fsp3) is 0.889. The lowest BCUT2D eigenvalue weighted by molar-refractivity contribution is -0.286. The number of carbonyl (C=O) groups is 2. The SMILES string of the molecule is C[C@H](O)[C@@H](O)[C@@H](O)[C@H](O)C=O.O=C[C@H](O)[C@@H](O)[C@@H](O)[C@H](O)CO.OC[C@H]1OC(O)[C@@H](O)[C@@H](O)[C@@H]1O. The second-order valence-corrected chi connectivity index (χ2v) is 7.43. The van der Waals surface area contributed by atoms with E-state index in [1.165, 1.54) is 6.92 Å². The lowest BCUT2D eigenvalue weighted by Gasteiger charge is -2.37. The summed E-state index contributed by atoms with van der Waals surface area (Å²) in [6.07, 6.45) is -19.8. The number of hydrogen-bond acceptors (Lipinski definition) is 17. The van der Waals surface area contributed by atoms with Gasteiger partial charge >= 0.3 is 0 Å². The van der Waals surface area contributed by atoms with Crippen LogP contribution in [-0.4, -0.2) is 177 Å². The molecular weight excluding hydrogens is 488 g/mol. The molecule has 0 radical (unpaired) electrons. The molecule has 1 rings (SSSR count). The molecule has 14 N–H and O–H groups in total. The smallest absolute Gasteiger partial charge is 0.184 e. The number of carbonyl (C=O) groups excluding carboxylic acids is 2. The highest BCUT2D eigenvalue weighted by Gasteiger charge is 2.42. The summed E-state index contributed by atoms with van der Waals surface area (Å²) < 4.78 is 4.58. The zero-order valence-electron chi connectivity index (χ0n) is 18.6. The third-order valence-corrected chi connectivity index (χ3v) is 4.62. The molecule has 1 aliphatic rings. The number of hydrogen-bond donors (Lipinski definition) is 14. The number of rotatable bonds is 10. The molecule has 35 heavy (non-hydrogen) atoms. The van der Waals surface area contributed by atoms with Crippen molar-refractivity contribution < 1.29 is 85.8 Å². The molecular formula is C18H36O17. The second-order valence-electron chi connectivity index (χ2n) is 7.43. The highest BCUT2D eigenvalue weighted by molar-refractivity contribution is 5.57. The van der Waals surface area contributed by atoms with Crippen LogP contribution in [0.3, 0.4) is 0 Å². The van der Waals surface area contributed by atoms with Crippen LogP contribution in [0.1, 0.15) is 6.92 Å². The standard InChI is InChI=1S/2C6H12O6.C6H12O5/c7-1-2-3(8)4(9)5(10)6(11)12-2;7-1-3(9)5(11)6(12)4(10)2-8;1-3(8)5(10)6(11)4(9)2-7/h2-11H,1H2;1,3-6,8-12H,2H2;2-6,8-11H,1H3/t2-,3-,4+,5+,6?;2*3-,4+,5+,6-/m100/s1. The fourth-order valence-corrected chi connectivity index (χ4v) is 2.27. The molecule has 13 atom stereocenters. The van der Waals surface area contributed by atoms with Gasteiger partial charge in [0.25, 0.3) is 0 Å². The first kappa shape index (κ1) is 35.9. The first-order valence-electron chi connectivity index (χ1n) is 10.1. The van der Waals surface area contributed by atoms with E-state index in [0.717, 1.165) is 0 Å². The Labute approximate surface area is 199 Å². The molecule has 0 bridgehead atoms. The molecule has 0 aromatic heterocycles. The van der Waals surface area contributed by atoms with Crippen LogP contribution in [-0.2, 0) is 14.3 Å². The van der Waals surface area contributed by atoms with Gasteiger partial charge in [0.15, 0.2) is 18.9 Å². The molecule has 1 fully saturated rings. The second kappa shape index (κ2) is 18.1. The van der Waals surface area contributed by atoms with Gasteiger partial charge in [0.1, 0.15) is 67.1 Å². The van der Waals surface area contributed by atoms with Crippen molar-refractivity contribution in [3.05, 3.63) is 0 Å². The summed E-state index contributed by atoms with van der Waals surface area (Å²) >= 11 is 0. The summed E-state index contributed by atoms with van der Waals surface area (Å²) in [6.45, 7) is -0.0444. The Kier molecular flexibility index (Phi) is 18.5. The lowest BCUT2D eigenvalue weighted by Crippen LogP contribution is -2.58. The number of aliphatic hydroxyl groups excluding tert-OH is 14. The number of ether oxygens (including phenoxy) is 1. The highest BCUT2D eigenvalue weighted by atomic mass is 16.6. The molecule has 17 nitrogen and oxygen atoms in total. The Morgan fingerprint density at radius 3 is 1.46 bits per heavy atom. The Balaban J connectivity index is 0. The van der Waals surface area contributed by atoms with E-state index in [1.54, 1.807) is 0 Å². The normalized spacial score (nSPS) is 31.0. The Morgan fingerprint density at radius 1 is 0.686 bits per heavy atom. The summed E-state index contributed by atoms with van der Waals surface area (Å²) in [5, 5.41) is 123. The summed E-state index contributed by atoms with van der Waals surface area (Å²) in [6, 6.07) is 0. The molecule has 17 heteroatoms. The minimum atomic E-state index is -1.79. The topological polar surface area (TPSA) is 327 Å². The maximum absolute atomic E-state index is 9.90. The Hall–Kier alpha value is -1.26.